The third kappa shape index (κ3) is 5.63. The van der Waals surface area contributed by atoms with Gasteiger partial charge in [0.15, 0.2) is 0 Å². The molecule has 0 saturated carbocycles. The Morgan fingerprint density at radius 3 is 2.48 bits per heavy atom. The minimum Gasteiger partial charge on any atom is -0.494 e. The maximum Gasteiger partial charge on any atom is 0.253 e. The Bertz CT molecular complexity index is 940. The zero-order valence-electron chi connectivity index (χ0n) is 18.2. The third-order valence-electron chi connectivity index (χ3n) is 5.27. The van der Waals surface area contributed by atoms with Gasteiger partial charge in [-0.3, -0.25) is 14.4 Å². The standard InChI is InChI=1S/C24H29N3O4/c1-4-31-19-11-9-17(10-12-19)14-25-24(30)20-7-5-6-8-21(20)26-23(29)18-13-22(28)27(15-18)16(2)3/h5-12,16,18H,4,13-15H2,1-3H3,(H,25,30)(H,26,29)/t18-/m0/s1. The third-order valence-corrected chi connectivity index (χ3v) is 5.27. The molecule has 0 aromatic heterocycles. The van der Waals surface area contributed by atoms with Crippen LogP contribution in [0, 0.1) is 5.92 Å². The lowest BCUT2D eigenvalue weighted by Gasteiger charge is -2.20. The van der Waals surface area contributed by atoms with Gasteiger partial charge in [0, 0.05) is 25.6 Å². The van der Waals surface area contributed by atoms with E-state index < -0.39 is 5.92 Å². The van der Waals surface area contributed by atoms with Gasteiger partial charge in [0.2, 0.25) is 11.8 Å². The molecule has 2 N–H and O–H groups in total. The summed E-state index contributed by atoms with van der Waals surface area (Å²) in [7, 11) is 0. The Hall–Kier alpha value is -3.35. The first-order chi connectivity index (χ1) is 14.9. The maximum atomic E-state index is 12.8. The Balaban J connectivity index is 1.62. The van der Waals surface area contributed by atoms with Gasteiger partial charge in [0.25, 0.3) is 5.91 Å². The summed E-state index contributed by atoms with van der Waals surface area (Å²) in [5.74, 6) is -0.183. The molecule has 0 bridgehead atoms. The topological polar surface area (TPSA) is 87.7 Å². The maximum absolute atomic E-state index is 12.8. The van der Waals surface area contributed by atoms with Crippen molar-refractivity contribution >= 4 is 23.4 Å². The van der Waals surface area contributed by atoms with E-state index in [9.17, 15) is 14.4 Å². The predicted molar refractivity (Wildman–Crippen MR) is 119 cm³/mol. The minimum absolute atomic E-state index is 0.0171. The van der Waals surface area contributed by atoms with Gasteiger partial charge < -0.3 is 20.3 Å². The smallest absolute Gasteiger partial charge is 0.253 e. The van der Waals surface area contributed by atoms with Crippen LogP contribution in [0.15, 0.2) is 48.5 Å². The van der Waals surface area contributed by atoms with Crippen LogP contribution in [0.3, 0.4) is 0 Å². The summed E-state index contributed by atoms with van der Waals surface area (Å²) < 4.78 is 5.43. The number of ether oxygens (including phenoxy) is 1. The second kappa shape index (κ2) is 10.1. The summed E-state index contributed by atoms with van der Waals surface area (Å²) >= 11 is 0. The highest BCUT2D eigenvalue weighted by Crippen LogP contribution is 2.23. The number of anilines is 1. The van der Waals surface area contributed by atoms with Crippen molar-refractivity contribution in [2.45, 2.75) is 39.8 Å². The molecule has 3 amide bonds. The van der Waals surface area contributed by atoms with Gasteiger partial charge in [0.05, 0.1) is 23.8 Å². The van der Waals surface area contributed by atoms with Crippen LogP contribution in [0.5, 0.6) is 5.75 Å². The fraction of sp³-hybridized carbons (Fsp3) is 0.375. The quantitative estimate of drug-likeness (QED) is 0.683. The summed E-state index contributed by atoms with van der Waals surface area (Å²) in [4.78, 5) is 39.3. The molecule has 164 valence electrons. The molecule has 31 heavy (non-hydrogen) atoms. The van der Waals surface area contributed by atoms with Gasteiger partial charge in [0.1, 0.15) is 5.75 Å². The highest BCUT2D eigenvalue weighted by molar-refractivity contribution is 6.05. The zero-order valence-corrected chi connectivity index (χ0v) is 18.2. The summed E-state index contributed by atoms with van der Waals surface area (Å²) in [6.07, 6.45) is 0.191. The Labute approximate surface area is 182 Å². The highest BCUT2D eigenvalue weighted by Gasteiger charge is 2.35. The molecule has 1 aliphatic rings. The molecule has 1 aliphatic heterocycles. The van der Waals surface area contributed by atoms with Gasteiger partial charge in [-0.2, -0.15) is 0 Å². The molecule has 0 radical (unpaired) electrons. The molecule has 3 rings (SSSR count). The van der Waals surface area contributed by atoms with E-state index in [1.807, 2.05) is 45.0 Å². The number of hydrogen-bond donors (Lipinski definition) is 2. The van der Waals surface area contributed by atoms with Gasteiger partial charge >= 0.3 is 0 Å². The van der Waals surface area contributed by atoms with Crippen molar-refractivity contribution in [1.82, 2.24) is 10.2 Å². The number of nitrogens with one attached hydrogen (secondary N) is 2. The van der Waals surface area contributed by atoms with Gasteiger partial charge in [-0.05, 0) is 50.6 Å². The van der Waals surface area contributed by atoms with Crippen LogP contribution in [-0.2, 0) is 16.1 Å². The number of benzene rings is 2. The molecule has 0 spiro atoms. The number of likely N-dealkylation sites (tertiary alicyclic amines) is 1. The molecule has 1 fully saturated rings. The number of carbonyl (C=O) groups excluding carboxylic acids is 3. The number of nitrogens with zero attached hydrogens (tertiary/aromatic N) is 1. The number of rotatable bonds is 8. The van der Waals surface area contributed by atoms with Crippen molar-refractivity contribution in [3.63, 3.8) is 0 Å². The van der Waals surface area contributed by atoms with E-state index in [0.717, 1.165) is 11.3 Å². The average Bonchev–Trinajstić information content (AvgIpc) is 3.16. The first kappa shape index (κ1) is 22.3. The summed E-state index contributed by atoms with van der Waals surface area (Å²) in [6.45, 7) is 7.14. The zero-order chi connectivity index (χ0) is 22.4. The van der Waals surface area contributed by atoms with Crippen LogP contribution in [0.1, 0.15) is 43.1 Å². The molecule has 2 aromatic carbocycles. The summed E-state index contributed by atoms with van der Waals surface area (Å²) in [5, 5.41) is 5.72. The molecule has 7 nitrogen and oxygen atoms in total. The molecular weight excluding hydrogens is 394 g/mol. The van der Waals surface area contributed by atoms with Crippen molar-refractivity contribution in [2.75, 3.05) is 18.5 Å². The number of para-hydroxylation sites is 1. The molecule has 2 aromatic rings. The van der Waals surface area contributed by atoms with Crippen LogP contribution in [0.2, 0.25) is 0 Å². The Morgan fingerprint density at radius 1 is 1.13 bits per heavy atom. The first-order valence-corrected chi connectivity index (χ1v) is 10.6. The number of hydrogen-bond acceptors (Lipinski definition) is 4. The van der Waals surface area contributed by atoms with Gasteiger partial charge in [-0.25, -0.2) is 0 Å². The molecule has 1 saturated heterocycles. The molecule has 1 atom stereocenters. The van der Waals surface area contributed by atoms with Crippen molar-refractivity contribution in [2.24, 2.45) is 5.92 Å². The van der Waals surface area contributed by atoms with Crippen molar-refractivity contribution in [3.05, 3.63) is 59.7 Å². The van der Waals surface area contributed by atoms with E-state index in [1.54, 1.807) is 29.2 Å². The lowest BCUT2D eigenvalue weighted by atomic mass is 10.1. The van der Waals surface area contributed by atoms with E-state index in [4.69, 9.17) is 4.74 Å². The van der Waals surface area contributed by atoms with Crippen molar-refractivity contribution in [1.29, 1.82) is 0 Å². The molecule has 0 aliphatic carbocycles. The van der Waals surface area contributed by atoms with Crippen molar-refractivity contribution in [3.8, 4) is 5.75 Å². The van der Waals surface area contributed by atoms with Gasteiger partial charge in [-0.15, -0.1) is 0 Å². The van der Waals surface area contributed by atoms with Crippen LogP contribution >= 0.6 is 0 Å². The molecule has 1 heterocycles. The van der Waals surface area contributed by atoms with Crippen LogP contribution in [0.4, 0.5) is 5.69 Å². The Kier molecular flexibility index (Phi) is 7.28. The van der Waals surface area contributed by atoms with Crippen LogP contribution < -0.4 is 15.4 Å². The van der Waals surface area contributed by atoms with Crippen LogP contribution in [-0.4, -0.2) is 41.8 Å². The SMILES string of the molecule is CCOc1ccc(CNC(=O)c2ccccc2NC(=O)[C@H]2CC(=O)N(C(C)C)C2)cc1. The molecular formula is C24H29N3O4. The average molecular weight is 424 g/mol. The van der Waals surface area contributed by atoms with E-state index >= 15 is 0 Å². The first-order valence-electron chi connectivity index (χ1n) is 10.6. The fourth-order valence-corrected chi connectivity index (χ4v) is 3.58. The van der Waals surface area contributed by atoms with E-state index in [2.05, 4.69) is 10.6 Å². The number of carbonyl (C=O) groups is 3. The van der Waals surface area contributed by atoms with E-state index in [1.165, 1.54) is 0 Å². The monoisotopic (exact) mass is 423 g/mol. The summed E-state index contributed by atoms with van der Waals surface area (Å²) in [5.41, 5.74) is 1.76. The largest absolute Gasteiger partial charge is 0.494 e. The lowest BCUT2D eigenvalue weighted by Crippen LogP contribution is -2.33. The van der Waals surface area contributed by atoms with E-state index in [0.29, 0.717) is 30.9 Å². The van der Waals surface area contributed by atoms with Crippen molar-refractivity contribution < 1.29 is 19.1 Å². The van der Waals surface area contributed by atoms with Gasteiger partial charge in [-0.1, -0.05) is 24.3 Å². The summed E-state index contributed by atoms with van der Waals surface area (Å²) in [6, 6.07) is 14.5. The molecule has 7 heteroatoms. The molecule has 0 unspecified atom stereocenters. The number of amides is 3. The predicted octanol–water partition coefficient (Wildman–Crippen LogP) is 3.21. The fourth-order valence-electron chi connectivity index (χ4n) is 3.58. The second-order valence-electron chi connectivity index (χ2n) is 7.84. The lowest BCUT2D eigenvalue weighted by molar-refractivity contribution is -0.129. The normalized spacial score (nSPS) is 15.8. The van der Waals surface area contributed by atoms with Crippen LogP contribution in [0.25, 0.3) is 0 Å². The Morgan fingerprint density at radius 2 is 1.84 bits per heavy atom. The highest BCUT2D eigenvalue weighted by atomic mass is 16.5. The second-order valence-corrected chi connectivity index (χ2v) is 7.84. The minimum atomic E-state index is -0.421. The van der Waals surface area contributed by atoms with E-state index in [-0.39, 0.29) is 30.2 Å².